The van der Waals surface area contributed by atoms with E-state index in [-0.39, 0.29) is 5.92 Å². The zero-order valence-electron chi connectivity index (χ0n) is 17.3. The number of amides is 1. The van der Waals surface area contributed by atoms with Crippen molar-refractivity contribution in [2.24, 2.45) is 0 Å². The largest absolute Gasteiger partial charge is 0.465 e. The summed E-state index contributed by atoms with van der Waals surface area (Å²) in [6.45, 7) is 6.68. The molecule has 1 saturated heterocycles. The summed E-state index contributed by atoms with van der Waals surface area (Å²) < 4.78 is 0. The van der Waals surface area contributed by atoms with Gasteiger partial charge in [0.05, 0.1) is 5.54 Å². The Morgan fingerprint density at radius 1 is 0.933 bits per heavy atom. The molecule has 0 spiro atoms. The molecule has 0 radical (unpaired) electrons. The van der Waals surface area contributed by atoms with Crippen LogP contribution in [0.5, 0.6) is 0 Å². The van der Waals surface area contributed by atoms with Crippen molar-refractivity contribution < 1.29 is 9.90 Å². The van der Waals surface area contributed by atoms with Gasteiger partial charge in [-0.2, -0.15) is 0 Å². The van der Waals surface area contributed by atoms with Crippen molar-refractivity contribution in [3.8, 4) is 0 Å². The molecule has 0 bridgehead atoms. The van der Waals surface area contributed by atoms with Crippen molar-refractivity contribution in [1.29, 1.82) is 0 Å². The lowest BCUT2D eigenvalue weighted by Gasteiger charge is -2.58. The fourth-order valence-electron chi connectivity index (χ4n) is 4.85. The Bertz CT molecular complexity index is 1000. The van der Waals surface area contributed by atoms with Gasteiger partial charge in [-0.15, -0.1) is 0 Å². The molecular formula is C27H27NO2. The van der Waals surface area contributed by atoms with Crippen LogP contribution in [0.1, 0.15) is 35.1 Å². The molecule has 3 aromatic rings. The van der Waals surface area contributed by atoms with Crippen LogP contribution in [0.4, 0.5) is 4.79 Å². The second-order valence-electron chi connectivity index (χ2n) is 8.24. The zero-order chi connectivity index (χ0) is 21.1. The Labute approximate surface area is 178 Å². The van der Waals surface area contributed by atoms with Crippen LogP contribution in [0, 0.1) is 0 Å². The molecule has 1 aliphatic heterocycles. The highest BCUT2D eigenvalue weighted by Gasteiger charge is 2.56. The highest BCUT2D eigenvalue weighted by Crippen LogP contribution is 2.49. The molecule has 0 saturated carbocycles. The Hall–Kier alpha value is -3.33. The maximum Gasteiger partial charge on any atom is 0.407 e. The van der Waals surface area contributed by atoms with Crippen molar-refractivity contribution in [3.05, 3.63) is 114 Å². The summed E-state index contributed by atoms with van der Waals surface area (Å²) in [7, 11) is 0. The quantitative estimate of drug-likeness (QED) is 0.552. The van der Waals surface area contributed by atoms with E-state index < -0.39 is 11.6 Å². The Balaban J connectivity index is 1.84. The Morgan fingerprint density at radius 3 is 1.93 bits per heavy atom. The number of rotatable bonds is 6. The first-order valence-corrected chi connectivity index (χ1v) is 10.3. The minimum Gasteiger partial charge on any atom is -0.465 e. The predicted octanol–water partition coefficient (Wildman–Crippen LogP) is 6.02. The van der Waals surface area contributed by atoms with Gasteiger partial charge < -0.3 is 10.0 Å². The minimum atomic E-state index is -0.856. The van der Waals surface area contributed by atoms with Crippen LogP contribution in [0.3, 0.4) is 0 Å². The smallest absolute Gasteiger partial charge is 0.407 e. The average molecular weight is 398 g/mol. The molecule has 1 amide bonds. The van der Waals surface area contributed by atoms with Gasteiger partial charge >= 0.3 is 6.09 Å². The van der Waals surface area contributed by atoms with E-state index in [4.69, 9.17) is 0 Å². The average Bonchev–Trinajstić information content (AvgIpc) is 2.74. The number of nitrogens with zero attached hydrogens (tertiary/aromatic N) is 1. The molecule has 1 unspecified atom stereocenters. The van der Waals surface area contributed by atoms with Crippen LogP contribution in [0.2, 0.25) is 0 Å². The first-order valence-electron chi connectivity index (χ1n) is 10.3. The standard InChI is InChI=1S/C27H27NO2/c1-20(2)23-15-9-10-16-24(23)25-19-28(26(29)30)27(25,17-21-11-5-3-6-12-21)18-22-13-7-4-8-14-22/h3-16,25H,1,17-19H2,2H3,(H,29,30). The monoisotopic (exact) mass is 397 g/mol. The lowest BCUT2D eigenvalue weighted by atomic mass is 9.63. The molecule has 30 heavy (non-hydrogen) atoms. The van der Waals surface area contributed by atoms with Gasteiger partial charge in [0, 0.05) is 12.5 Å². The number of hydrogen-bond acceptors (Lipinski definition) is 1. The Kier molecular flexibility index (Phi) is 5.45. The highest BCUT2D eigenvalue weighted by molar-refractivity contribution is 5.71. The van der Waals surface area contributed by atoms with Crippen molar-refractivity contribution >= 4 is 11.7 Å². The minimum absolute atomic E-state index is 0.0990. The number of benzene rings is 3. The fourth-order valence-corrected chi connectivity index (χ4v) is 4.85. The molecule has 1 atom stereocenters. The third kappa shape index (κ3) is 3.63. The number of likely N-dealkylation sites (tertiary alicyclic amines) is 1. The maximum absolute atomic E-state index is 12.3. The van der Waals surface area contributed by atoms with E-state index in [1.165, 1.54) is 5.56 Å². The molecular weight excluding hydrogens is 370 g/mol. The molecule has 1 N–H and O–H groups in total. The van der Waals surface area contributed by atoms with E-state index in [1.54, 1.807) is 4.90 Å². The van der Waals surface area contributed by atoms with Gasteiger partial charge in [0.1, 0.15) is 0 Å². The predicted molar refractivity (Wildman–Crippen MR) is 122 cm³/mol. The van der Waals surface area contributed by atoms with Crippen LogP contribution < -0.4 is 0 Å². The number of hydrogen-bond donors (Lipinski definition) is 1. The molecule has 3 aromatic carbocycles. The third-order valence-corrected chi connectivity index (χ3v) is 6.28. The van der Waals surface area contributed by atoms with Crippen molar-refractivity contribution in [2.45, 2.75) is 31.2 Å². The van der Waals surface area contributed by atoms with Crippen LogP contribution in [-0.2, 0) is 12.8 Å². The number of carbonyl (C=O) groups is 1. The Morgan fingerprint density at radius 2 is 1.43 bits per heavy atom. The van der Waals surface area contributed by atoms with E-state index >= 15 is 0 Å². The summed E-state index contributed by atoms with van der Waals surface area (Å²) >= 11 is 0. The molecule has 0 aromatic heterocycles. The highest BCUT2D eigenvalue weighted by atomic mass is 16.4. The third-order valence-electron chi connectivity index (χ3n) is 6.28. The van der Waals surface area contributed by atoms with E-state index in [1.807, 2.05) is 55.5 Å². The fraction of sp³-hybridized carbons (Fsp3) is 0.222. The normalized spacial score (nSPS) is 17.2. The first-order chi connectivity index (χ1) is 14.5. The van der Waals surface area contributed by atoms with Gasteiger partial charge in [0.2, 0.25) is 0 Å². The van der Waals surface area contributed by atoms with Crippen LogP contribution in [-0.4, -0.2) is 28.2 Å². The molecule has 1 heterocycles. The molecule has 152 valence electrons. The van der Waals surface area contributed by atoms with E-state index in [0.29, 0.717) is 19.4 Å². The van der Waals surface area contributed by atoms with Crippen LogP contribution in [0.25, 0.3) is 5.57 Å². The van der Waals surface area contributed by atoms with Crippen LogP contribution in [0.15, 0.2) is 91.5 Å². The molecule has 1 fully saturated rings. The lowest BCUT2D eigenvalue weighted by Crippen LogP contribution is -2.69. The van der Waals surface area contributed by atoms with E-state index in [0.717, 1.165) is 22.3 Å². The van der Waals surface area contributed by atoms with Gasteiger partial charge in [-0.1, -0.05) is 97.1 Å². The molecule has 3 heteroatoms. The van der Waals surface area contributed by atoms with Gasteiger partial charge in [0.15, 0.2) is 0 Å². The summed E-state index contributed by atoms with van der Waals surface area (Å²) in [5, 5.41) is 10.1. The zero-order valence-corrected chi connectivity index (χ0v) is 17.3. The summed E-state index contributed by atoms with van der Waals surface area (Å²) in [6.07, 6.45) is 0.486. The van der Waals surface area contributed by atoms with Gasteiger partial charge in [-0.05, 0) is 42.0 Å². The molecule has 1 aliphatic rings. The summed E-state index contributed by atoms with van der Waals surface area (Å²) in [6, 6.07) is 28.7. The number of carboxylic acid groups (broad SMARTS) is 1. The molecule has 3 nitrogen and oxygen atoms in total. The van der Waals surface area contributed by atoms with Gasteiger partial charge in [-0.3, -0.25) is 0 Å². The van der Waals surface area contributed by atoms with Gasteiger partial charge in [-0.25, -0.2) is 4.79 Å². The van der Waals surface area contributed by atoms with Crippen molar-refractivity contribution in [3.63, 3.8) is 0 Å². The molecule has 0 aliphatic carbocycles. The van der Waals surface area contributed by atoms with Crippen molar-refractivity contribution in [1.82, 2.24) is 4.90 Å². The van der Waals surface area contributed by atoms with Gasteiger partial charge in [0.25, 0.3) is 0 Å². The van der Waals surface area contributed by atoms with Crippen molar-refractivity contribution in [2.75, 3.05) is 6.54 Å². The second-order valence-corrected chi connectivity index (χ2v) is 8.24. The SMILES string of the molecule is C=C(C)c1ccccc1C1CN(C(=O)O)C1(Cc1ccccc1)Cc1ccccc1. The number of allylic oxidation sites excluding steroid dienone is 1. The lowest BCUT2D eigenvalue weighted by molar-refractivity contribution is -0.0247. The summed E-state index contributed by atoms with van der Waals surface area (Å²) in [4.78, 5) is 13.9. The summed E-state index contributed by atoms with van der Waals surface area (Å²) in [5.74, 6) is 0.0990. The van der Waals surface area contributed by atoms with E-state index in [9.17, 15) is 9.90 Å². The van der Waals surface area contributed by atoms with Crippen LogP contribution >= 0.6 is 0 Å². The topological polar surface area (TPSA) is 40.5 Å². The molecule has 4 rings (SSSR count). The summed E-state index contributed by atoms with van der Waals surface area (Å²) in [5.41, 5.74) is 5.08. The van der Waals surface area contributed by atoms with E-state index in [2.05, 4.69) is 43.0 Å². The maximum atomic E-state index is 12.3. The second kappa shape index (κ2) is 8.19. The first kappa shape index (κ1) is 20.0.